The monoisotopic (exact) mass is 265 g/mol. The molecule has 0 radical (unpaired) electrons. The number of hydrogen-bond acceptors (Lipinski definition) is 1. The molecule has 104 valence electrons. The molecule has 1 aliphatic rings. The third kappa shape index (κ3) is 2.02. The summed E-state index contributed by atoms with van der Waals surface area (Å²) < 4.78 is 0. The summed E-state index contributed by atoms with van der Waals surface area (Å²) in [6, 6.07) is 13.3. The van der Waals surface area contributed by atoms with Crippen LogP contribution in [0.15, 0.2) is 42.1 Å². The molecule has 0 atom stereocenters. The quantitative estimate of drug-likeness (QED) is 0.808. The summed E-state index contributed by atoms with van der Waals surface area (Å²) in [6.45, 7) is 10.1. The molecule has 0 saturated carbocycles. The van der Waals surface area contributed by atoms with Crippen molar-refractivity contribution in [2.24, 2.45) is 11.8 Å². The lowest BCUT2D eigenvalue weighted by Gasteiger charge is -2.30. The maximum absolute atomic E-state index is 3.65. The lowest BCUT2D eigenvalue weighted by Crippen LogP contribution is -2.26. The fourth-order valence-corrected chi connectivity index (χ4v) is 3.32. The van der Waals surface area contributed by atoms with Crippen molar-refractivity contribution in [2.45, 2.75) is 34.2 Å². The zero-order valence-corrected chi connectivity index (χ0v) is 12.8. The van der Waals surface area contributed by atoms with Gasteiger partial charge in [0.15, 0.2) is 0 Å². The maximum atomic E-state index is 3.65. The Morgan fingerprint density at radius 1 is 0.900 bits per heavy atom. The number of rotatable bonds is 2. The molecule has 0 spiro atoms. The molecule has 0 amide bonds. The fraction of sp³-hybridized carbons (Fsp3) is 0.368. The van der Waals surface area contributed by atoms with Crippen LogP contribution in [0.4, 0.5) is 0 Å². The first-order chi connectivity index (χ1) is 9.59. The maximum Gasteiger partial charge on any atom is 0.0404 e. The van der Waals surface area contributed by atoms with Crippen LogP contribution in [-0.4, -0.2) is 0 Å². The van der Waals surface area contributed by atoms with Gasteiger partial charge < -0.3 is 5.32 Å². The molecular formula is C19H23N. The third-order valence-corrected chi connectivity index (χ3v) is 4.20. The second-order valence-electron chi connectivity index (χ2n) is 6.31. The molecule has 0 fully saturated rings. The lowest BCUT2D eigenvalue weighted by atomic mass is 9.82. The highest BCUT2D eigenvalue weighted by Crippen LogP contribution is 2.38. The van der Waals surface area contributed by atoms with E-state index < -0.39 is 0 Å². The van der Waals surface area contributed by atoms with Gasteiger partial charge in [-0.2, -0.15) is 0 Å². The highest BCUT2D eigenvalue weighted by molar-refractivity contribution is 5.96. The molecule has 1 nitrogen and oxygen atoms in total. The van der Waals surface area contributed by atoms with Crippen LogP contribution < -0.4 is 5.32 Å². The van der Waals surface area contributed by atoms with E-state index >= 15 is 0 Å². The average molecular weight is 265 g/mol. The zero-order chi connectivity index (χ0) is 14.3. The van der Waals surface area contributed by atoms with Crippen molar-refractivity contribution < 1.29 is 0 Å². The molecule has 0 aromatic heterocycles. The molecule has 0 aliphatic carbocycles. The average Bonchev–Trinajstić information content (AvgIpc) is 2.45. The van der Waals surface area contributed by atoms with E-state index in [1.807, 2.05) is 0 Å². The Bertz CT molecular complexity index is 677. The largest absolute Gasteiger partial charge is 0.384 e. The summed E-state index contributed by atoms with van der Waals surface area (Å²) in [6.07, 6.45) is 0. The van der Waals surface area contributed by atoms with E-state index in [9.17, 15) is 0 Å². The van der Waals surface area contributed by atoms with Gasteiger partial charge in [0.1, 0.15) is 0 Å². The van der Waals surface area contributed by atoms with Crippen molar-refractivity contribution in [3.05, 3.63) is 53.2 Å². The van der Waals surface area contributed by atoms with E-state index in [2.05, 4.69) is 69.4 Å². The van der Waals surface area contributed by atoms with Crippen LogP contribution in [0.5, 0.6) is 0 Å². The molecule has 3 rings (SSSR count). The van der Waals surface area contributed by atoms with E-state index in [0.29, 0.717) is 11.8 Å². The Hall–Kier alpha value is -1.76. The van der Waals surface area contributed by atoms with Crippen LogP contribution in [0.25, 0.3) is 16.3 Å². The summed E-state index contributed by atoms with van der Waals surface area (Å²) in [5.41, 5.74) is 5.82. The molecule has 1 N–H and O–H groups in total. The number of benzene rings is 2. The molecule has 0 bridgehead atoms. The van der Waals surface area contributed by atoms with Crippen LogP contribution in [-0.2, 0) is 6.54 Å². The highest BCUT2D eigenvalue weighted by Gasteiger charge is 2.24. The number of fused-ring (bicyclic) bond motifs is 3. The van der Waals surface area contributed by atoms with Gasteiger partial charge in [-0.15, -0.1) is 0 Å². The van der Waals surface area contributed by atoms with Crippen molar-refractivity contribution >= 4 is 16.3 Å². The fourth-order valence-electron chi connectivity index (χ4n) is 3.32. The number of allylic oxidation sites excluding steroid dienone is 2. The minimum Gasteiger partial charge on any atom is -0.384 e. The van der Waals surface area contributed by atoms with Gasteiger partial charge in [-0.3, -0.25) is 0 Å². The molecule has 0 unspecified atom stereocenters. The van der Waals surface area contributed by atoms with Gasteiger partial charge in [0.05, 0.1) is 0 Å². The van der Waals surface area contributed by atoms with E-state index in [4.69, 9.17) is 0 Å². The molecule has 1 heteroatoms. The van der Waals surface area contributed by atoms with Gasteiger partial charge in [-0.25, -0.2) is 0 Å². The predicted octanol–water partition coefficient (Wildman–Crippen LogP) is 4.97. The molecule has 2 aromatic carbocycles. The Morgan fingerprint density at radius 2 is 1.65 bits per heavy atom. The number of nitrogens with one attached hydrogen (secondary N) is 1. The van der Waals surface area contributed by atoms with E-state index in [0.717, 1.165) is 6.54 Å². The first-order valence-corrected chi connectivity index (χ1v) is 7.58. The van der Waals surface area contributed by atoms with Gasteiger partial charge in [0.25, 0.3) is 0 Å². The van der Waals surface area contributed by atoms with Gasteiger partial charge in [-0.05, 0) is 39.3 Å². The Labute approximate surface area is 121 Å². The van der Waals surface area contributed by atoms with Crippen molar-refractivity contribution in [1.29, 1.82) is 0 Å². The Morgan fingerprint density at radius 3 is 2.35 bits per heavy atom. The van der Waals surface area contributed by atoms with Crippen molar-refractivity contribution in [2.75, 3.05) is 0 Å². The van der Waals surface area contributed by atoms with Gasteiger partial charge in [0.2, 0.25) is 0 Å². The highest BCUT2D eigenvalue weighted by atomic mass is 14.9. The lowest BCUT2D eigenvalue weighted by molar-refractivity contribution is 0.629. The molecule has 1 heterocycles. The van der Waals surface area contributed by atoms with Crippen molar-refractivity contribution in [1.82, 2.24) is 5.32 Å². The molecule has 1 aliphatic heterocycles. The summed E-state index contributed by atoms with van der Waals surface area (Å²) in [4.78, 5) is 0. The van der Waals surface area contributed by atoms with Crippen molar-refractivity contribution in [3.63, 3.8) is 0 Å². The number of hydrogen-bond donors (Lipinski definition) is 1. The second kappa shape index (κ2) is 4.97. The minimum atomic E-state index is 0.532. The van der Waals surface area contributed by atoms with Crippen LogP contribution in [0, 0.1) is 11.8 Å². The van der Waals surface area contributed by atoms with Gasteiger partial charge in [0, 0.05) is 12.2 Å². The van der Waals surface area contributed by atoms with Crippen molar-refractivity contribution in [3.8, 4) is 0 Å². The third-order valence-electron chi connectivity index (χ3n) is 4.20. The Balaban J connectivity index is 2.37. The first-order valence-electron chi connectivity index (χ1n) is 7.58. The minimum absolute atomic E-state index is 0.532. The van der Waals surface area contributed by atoms with Crippen LogP contribution in [0.3, 0.4) is 0 Å². The van der Waals surface area contributed by atoms with E-state index in [1.165, 1.54) is 33.2 Å². The van der Waals surface area contributed by atoms with Crippen LogP contribution in [0.2, 0.25) is 0 Å². The predicted molar refractivity (Wildman–Crippen MR) is 87.4 cm³/mol. The SMILES string of the molecule is CC(C)C1=C(C(C)C)c2c(ccc3ccccc23)CN1. The zero-order valence-electron chi connectivity index (χ0n) is 12.8. The Kier molecular flexibility index (Phi) is 3.29. The summed E-state index contributed by atoms with van der Waals surface area (Å²) in [7, 11) is 0. The standard InChI is InChI=1S/C19H23N/c1-12(2)17-18-15(11-20-19(17)13(3)4)10-9-14-7-5-6-8-16(14)18/h5-10,12-13,20H,11H2,1-4H3. The van der Waals surface area contributed by atoms with Gasteiger partial charge >= 0.3 is 0 Å². The molecule has 2 aromatic rings. The second-order valence-corrected chi connectivity index (χ2v) is 6.31. The topological polar surface area (TPSA) is 12.0 Å². The van der Waals surface area contributed by atoms with Gasteiger partial charge in [-0.1, -0.05) is 64.1 Å². The molecule has 20 heavy (non-hydrogen) atoms. The smallest absolute Gasteiger partial charge is 0.0404 e. The van der Waals surface area contributed by atoms with Crippen LogP contribution >= 0.6 is 0 Å². The van der Waals surface area contributed by atoms with E-state index in [-0.39, 0.29) is 0 Å². The molecule has 0 saturated heterocycles. The van der Waals surface area contributed by atoms with Crippen LogP contribution in [0.1, 0.15) is 38.8 Å². The normalized spacial score (nSPS) is 14.9. The summed E-state index contributed by atoms with van der Waals surface area (Å²) >= 11 is 0. The first kappa shape index (κ1) is 13.2. The molecular weight excluding hydrogens is 242 g/mol. The summed E-state index contributed by atoms with van der Waals surface area (Å²) in [5, 5.41) is 6.39. The van der Waals surface area contributed by atoms with E-state index in [1.54, 1.807) is 0 Å². The summed E-state index contributed by atoms with van der Waals surface area (Å²) in [5.74, 6) is 1.07.